The molecule has 2 aromatic rings. The van der Waals surface area contributed by atoms with Gasteiger partial charge in [-0.15, -0.1) is 24.0 Å². The monoisotopic (exact) mass is 515 g/mol. The molecule has 0 aliphatic rings. The van der Waals surface area contributed by atoms with E-state index in [9.17, 15) is 0 Å². The fraction of sp³-hybridized carbons (Fsp3) is 0.381. The number of guanidine groups is 1. The number of nitrogens with one attached hydrogen (secondary N) is 1. The summed E-state index contributed by atoms with van der Waals surface area (Å²) >= 11 is 0. The lowest BCUT2D eigenvalue weighted by atomic mass is 10.1. The first-order valence-corrected chi connectivity index (χ1v) is 9.16. The van der Waals surface area contributed by atoms with Crippen LogP contribution in [0.4, 0.5) is 5.69 Å². The Morgan fingerprint density at radius 1 is 1.00 bits per heavy atom. The second-order valence-electron chi connectivity index (χ2n) is 6.05. The SMILES string of the molecule is CCOCCOc1cc(C)ccc1CN=C(N)Nc1ccc(OC)c(OC)c1.I. The van der Waals surface area contributed by atoms with E-state index in [1.165, 1.54) is 0 Å². The first-order chi connectivity index (χ1) is 13.6. The zero-order valence-corrected chi connectivity index (χ0v) is 19.7. The van der Waals surface area contributed by atoms with Crippen molar-refractivity contribution < 1.29 is 18.9 Å². The molecule has 0 radical (unpaired) electrons. The van der Waals surface area contributed by atoms with Crippen LogP contribution in [0.5, 0.6) is 17.2 Å². The number of aliphatic imine (C=N–C) groups is 1. The number of methoxy groups -OCH3 is 2. The minimum absolute atomic E-state index is 0. The van der Waals surface area contributed by atoms with Crippen molar-refractivity contribution in [3.63, 3.8) is 0 Å². The maximum absolute atomic E-state index is 6.04. The van der Waals surface area contributed by atoms with E-state index in [1.807, 2.05) is 38.1 Å². The lowest BCUT2D eigenvalue weighted by Crippen LogP contribution is -2.22. The van der Waals surface area contributed by atoms with Gasteiger partial charge in [-0.3, -0.25) is 0 Å². The van der Waals surface area contributed by atoms with Gasteiger partial charge in [-0.05, 0) is 37.6 Å². The molecule has 8 heteroatoms. The van der Waals surface area contributed by atoms with Gasteiger partial charge in [0.1, 0.15) is 12.4 Å². The van der Waals surface area contributed by atoms with Gasteiger partial charge in [0, 0.05) is 23.9 Å². The molecule has 0 saturated carbocycles. The van der Waals surface area contributed by atoms with E-state index in [0.717, 1.165) is 22.6 Å². The van der Waals surface area contributed by atoms with Crippen LogP contribution < -0.4 is 25.3 Å². The Labute approximate surface area is 189 Å². The molecule has 0 heterocycles. The van der Waals surface area contributed by atoms with Gasteiger partial charge in [0.25, 0.3) is 0 Å². The zero-order chi connectivity index (χ0) is 20.4. The van der Waals surface area contributed by atoms with Crippen molar-refractivity contribution in [2.24, 2.45) is 10.7 Å². The third-order valence-electron chi connectivity index (χ3n) is 3.99. The van der Waals surface area contributed by atoms with Gasteiger partial charge in [-0.25, -0.2) is 4.99 Å². The van der Waals surface area contributed by atoms with Crippen LogP contribution >= 0.6 is 24.0 Å². The maximum atomic E-state index is 6.04. The Morgan fingerprint density at radius 2 is 1.76 bits per heavy atom. The minimum Gasteiger partial charge on any atom is -0.493 e. The highest BCUT2D eigenvalue weighted by Crippen LogP contribution is 2.29. The first-order valence-electron chi connectivity index (χ1n) is 9.16. The Bertz CT molecular complexity index is 799. The molecule has 160 valence electrons. The third-order valence-corrected chi connectivity index (χ3v) is 3.99. The average molecular weight is 515 g/mol. The summed E-state index contributed by atoms with van der Waals surface area (Å²) in [6.07, 6.45) is 0. The van der Waals surface area contributed by atoms with Gasteiger partial charge in [-0.2, -0.15) is 0 Å². The van der Waals surface area contributed by atoms with Gasteiger partial charge >= 0.3 is 0 Å². The molecule has 0 aliphatic heterocycles. The minimum atomic E-state index is 0. The van der Waals surface area contributed by atoms with E-state index in [4.69, 9.17) is 24.7 Å². The van der Waals surface area contributed by atoms with Crippen molar-refractivity contribution in [3.05, 3.63) is 47.5 Å². The highest BCUT2D eigenvalue weighted by atomic mass is 127. The predicted molar refractivity (Wildman–Crippen MR) is 127 cm³/mol. The topological polar surface area (TPSA) is 87.3 Å². The highest BCUT2D eigenvalue weighted by molar-refractivity contribution is 14.0. The first kappa shape index (κ1) is 24.8. The molecular formula is C21H30IN3O4. The molecular weight excluding hydrogens is 485 g/mol. The molecule has 3 N–H and O–H groups in total. The van der Waals surface area contributed by atoms with E-state index in [0.29, 0.717) is 43.8 Å². The summed E-state index contributed by atoms with van der Waals surface area (Å²) in [7, 11) is 3.18. The van der Waals surface area contributed by atoms with E-state index >= 15 is 0 Å². The second kappa shape index (κ2) is 13.1. The summed E-state index contributed by atoms with van der Waals surface area (Å²) < 4.78 is 21.7. The molecule has 0 spiro atoms. The molecule has 29 heavy (non-hydrogen) atoms. The van der Waals surface area contributed by atoms with E-state index < -0.39 is 0 Å². The molecule has 0 saturated heterocycles. The normalized spacial score (nSPS) is 10.8. The summed E-state index contributed by atoms with van der Waals surface area (Å²) in [5.74, 6) is 2.36. The summed E-state index contributed by atoms with van der Waals surface area (Å²) in [6, 6.07) is 11.5. The molecule has 2 rings (SSSR count). The van der Waals surface area contributed by atoms with Crippen LogP contribution in [0.1, 0.15) is 18.1 Å². The molecule has 2 aromatic carbocycles. The van der Waals surface area contributed by atoms with Gasteiger partial charge in [-0.1, -0.05) is 12.1 Å². The van der Waals surface area contributed by atoms with E-state index in [1.54, 1.807) is 26.4 Å². The van der Waals surface area contributed by atoms with Crippen LogP contribution in [0, 0.1) is 6.92 Å². The van der Waals surface area contributed by atoms with Crippen LogP contribution in [0.15, 0.2) is 41.4 Å². The lowest BCUT2D eigenvalue weighted by Gasteiger charge is -2.13. The Kier molecular flexibility index (Phi) is 11.2. The van der Waals surface area contributed by atoms with Crippen molar-refractivity contribution >= 4 is 35.6 Å². The van der Waals surface area contributed by atoms with E-state index in [-0.39, 0.29) is 24.0 Å². The van der Waals surface area contributed by atoms with Crippen LogP contribution in [-0.4, -0.2) is 40.0 Å². The number of hydrogen-bond donors (Lipinski definition) is 2. The summed E-state index contributed by atoms with van der Waals surface area (Å²) in [4.78, 5) is 4.42. The number of hydrogen-bond acceptors (Lipinski definition) is 5. The summed E-state index contributed by atoms with van der Waals surface area (Å²) in [5, 5.41) is 3.06. The summed E-state index contributed by atoms with van der Waals surface area (Å²) in [6.45, 7) is 6.10. The third kappa shape index (κ3) is 7.98. The maximum Gasteiger partial charge on any atom is 0.193 e. The molecule has 0 unspecified atom stereocenters. The predicted octanol–water partition coefficient (Wildman–Crippen LogP) is 3.97. The van der Waals surface area contributed by atoms with Crippen LogP contribution in [0.25, 0.3) is 0 Å². The van der Waals surface area contributed by atoms with Crippen molar-refractivity contribution in [2.75, 3.05) is 39.4 Å². The van der Waals surface area contributed by atoms with Crippen LogP contribution in [0.3, 0.4) is 0 Å². The number of anilines is 1. The lowest BCUT2D eigenvalue weighted by molar-refractivity contribution is 0.110. The number of ether oxygens (including phenoxy) is 4. The van der Waals surface area contributed by atoms with Crippen molar-refractivity contribution in [1.82, 2.24) is 0 Å². The number of nitrogens with zero attached hydrogens (tertiary/aromatic N) is 1. The van der Waals surface area contributed by atoms with Crippen LogP contribution in [-0.2, 0) is 11.3 Å². The smallest absolute Gasteiger partial charge is 0.193 e. The molecule has 0 aliphatic carbocycles. The quantitative estimate of drug-likeness (QED) is 0.216. The Hall–Kier alpha value is -2.20. The fourth-order valence-electron chi connectivity index (χ4n) is 2.55. The number of halogens is 1. The Morgan fingerprint density at radius 3 is 2.45 bits per heavy atom. The zero-order valence-electron chi connectivity index (χ0n) is 17.4. The highest BCUT2D eigenvalue weighted by Gasteiger charge is 2.07. The fourth-order valence-corrected chi connectivity index (χ4v) is 2.55. The Balaban J connectivity index is 0.00000420. The van der Waals surface area contributed by atoms with Crippen molar-refractivity contribution in [3.8, 4) is 17.2 Å². The average Bonchev–Trinajstić information content (AvgIpc) is 2.70. The van der Waals surface area contributed by atoms with Crippen molar-refractivity contribution in [2.45, 2.75) is 20.4 Å². The van der Waals surface area contributed by atoms with Crippen molar-refractivity contribution in [1.29, 1.82) is 0 Å². The van der Waals surface area contributed by atoms with Crippen LogP contribution in [0.2, 0.25) is 0 Å². The van der Waals surface area contributed by atoms with E-state index in [2.05, 4.69) is 10.3 Å². The molecule has 0 aromatic heterocycles. The van der Waals surface area contributed by atoms with Gasteiger partial charge < -0.3 is 30.0 Å². The molecule has 0 bridgehead atoms. The summed E-state index contributed by atoms with van der Waals surface area (Å²) in [5.41, 5.74) is 8.88. The largest absolute Gasteiger partial charge is 0.493 e. The molecule has 0 amide bonds. The molecule has 0 atom stereocenters. The molecule has 0 fully saturated rings. The number of rotatable bonds is 10. The number of aryl methyl sites for hydroxylation is 1. The second-order valence-corrected chi connectivity index (χ2v) is 6.05. The van der Waals surface area contributed by atoms with Gasteiger partial charge in [0.05, 0.1) is 27.4 Å². The van der Waals surface area contributed by atoms with Gasteiger partial charge in [0.15, 0.2) is 17.5 Å². The molecule has 7 nitrogen and oxygen atoms in total. The van der Waals surface area contributed by atoms with Gasteiger partial charge in [0.2, 0.25) is 0 Å². The standard InChI is InChI=1S/C21H29N3O4.HI/c1-5-27-10-11-28-19-12-15(2)6-7-16(19)14-23-21(22)24-17-8-9-18(25-3)20(13-17)26-4;/h6-9,12-13H,5,10-11,14H2,1-4H3,(H3,22,23,24);1H. The number of nitrogens with two attached hydrogens (primary N) is 1. The number of benzene rings is 2.